The number of hydrazine groups is 1. The Morgan fingerprint density at radius 1 is 1.19 bits per heavy atom. The smallest absolute Gasteiger partial charge is 0.318 e. The number of amides is 4. The highest BCUT2D eigenvalue weighted by Crippen LogP contribution is 2.31. The number of fused-ring (bicyclic) bond motifs is 1. The molecule has 2 aromatic heterocycles. The summed E-state index contributed by atoms with van der Waals surface area (Å²) in [6.07, 6.45) is 0.347. The molecule has 1 atom stereocenters. The molecule has 1 saturated heterocycles. The van der Waals surface area contributed by atoms with E-state index < -0.39 is 23.4 Å². The van der Waals surface area contributed by atoms with E-state index in [9.17, 15) is 14.4 Å². The molecular weight excluding hydrogens is 418 g/mol. The van der Waals surface area contributed by atoms with Crippen molar-refractivity contribution in [2.45, 2.75) is 37.9 Å². The second-order valence-corrected chi connectivity index (χ2v) is 8.11. The zero-order valence-electron chi connectivity index (χ0n) is 17.2. The molecule has 3 aromatic rings. The van der Waals surface area contributed by atoms with Crippen molar-refractivity contribution in [3.8, 4) is 0 Å². The zero-order chi connectivity index (χ0) is 22.2. The Morgan fingerprint density at radius 3 is 2.65 bits per heavy atom. The summed E-state index contributed by atoms with van der Waals surface area (Å²) in [6, 6.07) is 10.2. The number of aromatic nitrogens is 4. The van der Waals surface area contributed by atoms with Gasteiger partial charge < -0.3 is 5.32 Å². The lowest BCUT2D eigenvalue weighted by Gasteiger charge is -2.25. The minimum Gasteiger partial charge on any atom is -0.318 e. The molecule has 0 aliphatic carbocycles. The van der Waals surface area contributed by atoms with Crippen molar-refractivity contribution < 1.29 is 14.4 Å². The van der Waals surface area contributed by atoms with Gasteiger partial charge in [0.15, 0.2) is 0 Å². The van der Waals surface area contributed by atoms with Crippen LogP contribution < -0.4 is 10.7 Å². The van der Waals surface area contributed by atoms with Gasteiger partial charge in [0.25, 0.3) is 11.7 Å². The maximum absolute atomic E-state index is 13.1. The van der Waals surface area contributed by atoms with Gasteiger partial charge in [0, 0.05) is 11.4 Å². The van der Waals surface area contributed by atoms with Gasteiger partial charge in [0.05, 0.1) is 5.75 Å². The number of benzene rings is 1. The summed E-state index contributed by atoms with van der Waals surface area (Å²) < 4.78 is 1.60. The minimum atomic E-state index is -1.21. The summed E-state index contributed by atoms with van der Waals surface area (Å²) in [5.41, 5.74) is 3.55. The first kappa shape index (κ1) is 20.8. The van der Waals surface area contributed by atoms with Crippen molar-refractivity contribution in [1.82, 2.24) is 35.3 Å². The van der Waals surface area contributed by atoms with Crippen LogP contribution in [0.25, 0.3) is 5.78 Å². The third kappa shape index (κ3) is 3.72. The van der Waals surface area contributed by atoms with Crippen molar-refractivity contribution in [2.24, 2.45) is 0 Å². The predicted molar refractivity (Wildman–Crippen MR) is 113 cm³/mol. The Labute approximate surface area is 182 Å². The molecule has 3 heterocycles. The lowest BCUT2D eigenvalue weighted by Crippen LogP contribution is -2.49. The van der Waals surface area contributed by atoms with Crippen molar-refractivity contribution in [3.63, 3.8) is 0 Å². The number of aryl methyl sites for hydroxylation is 2. The molecule has 10 nitrogen and oxygen atoms in total. The summed E-state index contributed by atoms with van der Waals surface area (Å²) in [5.74, 6) is -0.667. The predicted octanol–water partition coefficient (Wildman–Crippen LogP) is 1.72. The summed E-state index contributed by atoms with van der Waals surface area (Å²) in [5, 5.41) is 8.17. The van der Waals surface area contributed by atoms with E-state index in [1.165, 1.54) is 0 Å². The molecule has 0 bridgehead atoms. The molecule has 0 spiro atoms. The highest BCUT2D eigenvalue weighted by Gasteiger charge is 2.52. The Morgan fingerprint density at radius 2 is 1.94 bits per heavy atom. The summed E-state index contributed by atoms with van der Waals surface area (Å²) in [6.45, 7) is 5.56. The van der Waals surface area contributed by atoms with Crippen molar-refractivity contribution in [2.75, 3.05) is 5.75 Å². The summed E-state index contributed by atoms with van der Waals surface area (Å²) in [4.78, 5) is 46.6. The zero-order valence-corrected chi connectivity index (χ0v) is 18.1. The van der Waals surface area contributed by atoms with Crippen molar-refractivity contribution in [3.05, 3.63) is 53.3 Å². The number of carbonyl (C=O) groups is 3. The second kappa shape index (κ2) is 7.99. The molecular formula is C20H21N7O3S. The second-order valence-electron chi connectivity index (χ2n) is 7.16. The Bertz CT molecular complexity index is 1180. The Balaban J connectivity index is 1.44. The van der Waals surface area contributed by atoms with E-state index in [2.05, 4.69) is 25.8 Å². The van der Waals surface area contributed by atoms with Crippen LogP contribution in [0.15, 0.2) is 41.6 Å². The number of hydrogen-bond acceptors (Lipinski definition) is 7. The van der Waals surface area contributed by atoms with Crippen LogP contribution in [-0.2, 0) is 15.1 Å². The SMILES string of the molecule is CC[C@@]1(c2ccccc2)NC(=O)N(NC(=O)CSc2nc3nc(C)cc(C)n3n2)C1=O. The maximum atomic E-state index is 13.1. The van der Waals surface area contributed by atoms with E-state index in [1.54, 1.807) is 35.7 Å². The quantitative estimate of drug-likeness (QED) is 0.443. The normalized spacial score (nSPS) is 18.5. The van der Waals surface area contributed by atoms with E-state index in [4.69, 9.17) is 0 Å². The van der Waals surface area contributed by atoms with Gasteiger partial charge in [-0.15, -0.1) is 5.10 Å². The van der Waals surface area contributed by atoms with E-state index in [1.807, 2.05) is 26.0 Å². The maximum Gasteiger partial charge on any atom is 0.344 e. The average molecular weight is 440 g/mol. The van der Waals surface area contributed by atoms with E-state index >= 15 is 0 Å². The fourth-order valence-electron chi connectivity index (χ4n) is 3.53. The molecule has 0 saturated carbocycles. The third-order valence-electron chi connectivity index (χ3n) is 5.06. The molecule has 2 N–H and O–H groups in total. The number of nitrogens with one attached hydrogen (secondary N) is 2. The van der Waals surface area contributed by atoms with Gasteiger partial charge >= 0.3 is 6.03 Å². The molecule has 1 aromatic carbocycles. The monoisotopic (exact) mass is 439 g/mol. The molecule has 11 heteroatoms. The van der Waals surface area contributed by atoms with Crippen LogP contribution in [0.2, 0.25) is 0 Å². The number of rotatable bonds is 6. The molecule has 4 amide bonds. The average Bonchev–Trinajstić information content (AvgIpc) is 3.27. The summed E-state index contributed by atoms with van der Waals surface area (Å²) in [7, 11) is 0. The lowest BCUT2D eigenvalue weighted by molar-refractivity contribution is -0.138. The van der Waals surface area contributed by atoms with Gasteiger partial charge in [-0.3, -0.25) is 15.0 Å². The van der Waals surface area contributed by atoms with Gasteiger partial charge in [-0.05, 0) is 31.9 Å². The van der Waals surface area contributed by atoms with E-state index in [0.29, 0.717) is 22.9 Å². The fourth-order valence-corrected chi connectivity index (χ4v) is 4.15. The number of nitrogens with zero attached hydrogens (tertiary/aromatic N) is 5. The molecule has 0 unspecified atom stereocenters. The van der Waals surface area contributed by atoms with Gasteiger partial charge in [-0.1, -0.05) is 49.0 Å². The lowest BCUT2D eigenvalue weighted by atomic mass is 9.87. The van der Waals surface area contributed by atoms with Crippen LogP contribution in [0.4, 0.5) is 4.79 Å². The van der Waals surface area contributed by atoms with Crippen LogP contribution in [0.3, 0.4) is 0 Å². The largest absolute Gasteiger partial charge is 0.344 e. The standard InChI is InChI=1S/C20H21N7O3S/c1-4-20(14-8-6-5-7-9-14)16(29)27(19(30)23-20)24-15(28)11-31-18-22-17-21-12(2)10-13(3)26(17)25-18/h5-10H,4,11H2,1-3H3,(H,23,30)(H,24,28)/t20-/m0/s1. The number of imide groups is 1. The molecule has 1 aliphatic rings. The highest BCUT2D eigenvalue weighted by atomic mass is 32.2. The van der Waals surface area contributed by atoms with E-state index in [0.717, 1.165) is 28.2 Å². The topological polar surface area (TPSA) is 122 Å². The van der Waals surface area contributed by atoms with Gasteiger partial charge in [-0.2, -0.15) is 9.99 Å². The number of hydrogen-bond donors (Lipinski definition) is 2. The van der Waals surface area contributed by atoms with Crippen LogP contribution in [0.5, 0.6) is 0 Å². The first-order valence-electron chi connectivity index (χ1n) is 9.69. The highest BCUT2D eigenvalue weighted by molar-refractivity contribution is 7.99. The van der Waals surface area contributed by atoms with Crippen LogP contribution in [0, 0.1) is 13.8 Å². The number of thioether (sulfide) groups is 1. The van der Waals surface area contributed by atoms with Crippen LogP contribution >= 0.6 is 11.8 Å². The molecule has 160 valence electrons. The van der Waals surface area contributed by atoms with Crippen molar-refractivity contribution >= 4 is 35.4 Å². The molecule has 31 heavy (non-hydrogen) atoms. The van der Waals surface area contributed by atoms with Crippen LogP contribution in [-0.4, -0.2) is 48.2 Å². The Hall–Kier alpha value is -3.47. The molecule has 0 radical (unpaired) electrons. The number of carbonyl (C=O) groups excluding carboxylic acids is 3. The van der Waals surface area contributed by atoms with Gasteiger partial charge in [0.1, 0.15) is 5.54 Å². The number of urea groups is 1. The minimum absolute atomic E-state index is 0.0730. The first-order chi connectivity index (χ1) is 14.8. The molecule has 4 rings (SSSR count). The fraction of sp³-hybridized carbons (Fsp3) is 0.300. The molecule has 1 aliphatic heterocycles. The molecule has 1 fully saturated rings. The first-order valence-corrected chi connectivity index (χ1v) is 10.7. The summed E-state index contributed by atoms with van der Waals surface area (Å²) >= 11 is 1.09. The Kier molecular flexibility index (Phi) is 5.36. The van der Waals surface area contributed by atoms with E-state index in [-0.39, 0.29) is 5.75 Å². The van der Waals surface area contributed by atoms with Crippen LogP contribution in [0.1, 0.15) is 30.3 Å². The van der Waals surface area contributed by atoms with Crippen molar-refractivity contribution in [1.29, 1.82) is 0 Å². The third-order valence-corrected chi connectivity index (χ3v) is 5.89. The van der Waals surface area contributed by atoms with Gasteiger partial charge in [-0.25, -0.2) is 14.3 Å². The van der Waals surface area contributed by atoms with Gasteiger partial charge in [0.2, 0.25) is 11.1 Å².